The maximum atomic E-state index is 10.4. The van der Waals surface area contributed by atoms with E-state index in [-0.39, 0.29) is 4.90 Å². The van der Waals surface area contributed by atoms with Crippen molar-refractivity contribution in [1.82, 2.24) is 0 Å². The van der Waals surface area contributed by atoms with Gasteiger partial charge in [0.1, 0.15) is 5.75 Å². The Morgan fingerprint density at radius 3 is 2.23 bits per heavy atom. The number of hydrogen-bond acceptors (Lipinski definition) is 5. The summed E-state index contributed by atoms with van der Waals surface area (Å²) in [5.74, 6) is -0.470. The zero-order chi connectivity index (χ0) is 10.0. The molecular formula is C6H4O5S2-2. The second-order valence-corrected chi connectivity index (χ2v) is 3.95. The van der Waals surface area contributed by atoms with E-state index in [0.717, 1.165) is 18.2 Å². The Bertz CT molecular complexity index is 375. The molecule has 13 heavy (non-hydrogen) atoms. The standard InChI is InChI=1S/C6H6O5S2/c7-5-2-1-4(12(8)9)3-6(5)13(10)11/h1-3,7H,(H,8,9)(H,10,11)/p-2. The van der Waals surface area contributed by atoms with Gasteiger partial charge >= 0.3 is 0 Å². The number of benzene rings is 1. The average Bonchev–Trinajstić information content (AvgIpc) is 2.04. The molecule has 0 saturated heterocycles. The lowest BCUT2D eigenvalue weighted by molar-refractivity contribution is 0.454. The predicted molar refractivity (Wildman–Crippen MR) is 42.5 cm³/mol. The topological polar surface area (TPSA) is 100 Å². The molecule has 72 valence electrons. The Labute approximate surface area is 79.0 Å². The van der Waals surface area contributed by atoms with Gasteiger partial charge in [-0.25, -0.2) is 0 Å². The molecule has 1 N–H and O–H groups in total. The highest BCUT2D eigenvalue weighted by Crippen LogP contribution is 2.22. The molecule has 7 heteroatoms. The van der Waals surface area contributed by atoms with Crippen LogP contribution in [0.5, 0.6) is 5.75 Å². The van der Waals surface area contributed by atoms with Gasteiger partial charge in [-0.3, -0.25) is 8.42 Å². The van der Waals surface area contributed by atoms with Crippen LogP contribution in [0, 0.1) is 0 Å². The fraction of sp³-hybridized carbons (Fsp3) is 0. The lowest BCUT2D eigenvalue weighted by Gasteiger charge is -2.10. The predicted octanol–water partition coefficient (Wildman–Crippen LogP) is -0.132. The molecule has 0 aliphatic heterocycles. The normalized spacial score (nSPS) is 15.2. The quantitative estimate of drug-likeness (QED) is 0.699. The van der Waals surface area contributed by atoms with Crippen LogP contribution in [-0.2, 0) is 22.2 Å². The Hall–Kier alpha value is -0.760. The molecule has 2 atom stereocenters. The van der Waals surface area contributed by atoms with Crippen molar-refractivity contribution in [3.63, 3.8) is 0 Å². The van der Waals surface area contributed by atoms with Gasteiger partial charge in [0.15, 0.2) is 0 Å². The third kappa shape index (κ3) is 2.34. The van der Waals surface area contributed by atoms with Crippen LogP contribution < -0.4 is 0 Å². The van der Waals surface area contributed by atoms with E-state index >= 15 is 0 Å². The monoisotopic (exact) mass is 220 g/mol. The summed E-state index contributed by atoms with van der Waals surface area (Å²) in [4.78, 5) is -0.612. The van der Waals surface area contributed by atoms with Crippen LogP contribution in [-0.4, -0.2) is 22.6 Å². The number of rotatable bonds is 2. The van der Waals surface area contributed by atoms with Gasteiger partial charge in [-0.15, -0.1) is 0 Å². The van der Waals surface area contributed by atoms with Crippen molar-refractivity contribution in [2.75, 3.05) is 0 Å². The summed E-state index contributed by atoms with van der Waals surface area (Å²) >= 11 is -5.14. The molecule has 2 unspecified atom stereocenters. The van der Waals surface area contributed by atoms with Crippen LogP contribution in [0.1, 0.15) is 0 Å². The number of hydrogen-bond donors (Lipinski definition) is 1. The van der Waals surface area contributed by atoms with Crippen molar-refractivity contribution in [2.45, 2.75) is 9.79 Å². The molecule has 0 radical (unpaired) electrons. The molecule has 0 aliphatic carbocycles. The highest BCUT2D eigenvalue weighted by Gasteiger charge is 2.03. The smallest absolute Gasteiger partial charge is 0.130 e. The van der Waals surface area contributed by atoms with E-state index in [2.05, 4.69) is 0 Å². The van der Waals surface area contributed by atoms with Crippen LogP contribution in [0.15, 0.2) is 28.0 Å². The van der Waals surface area contributed by atoms with Gasteiger partial charge in [0, 0.05) is 4.90 Å². The maximum Gasteiger partial charge on any atom is 0.130 e. The minimum Gasteiger partial charge on any atom is -0.768 e. The lowest BCUT2D eigenvalue weighted by atomic mass is 10.3. The number of phenolic OH excluding ortho intramolecular Hbond substituents is 1. The Morgan fingerprint density at radius 2 is 1.77 bits per heavy atom. The van der Waals surface area contributed by atoms with Gasteiger partial charge in [-0.05, 0) is 40.4 Å². The third-order valence-corrected chi connectivity index (χ3v) is 2.63. The summed E-state index contributed by atoms with van der Waals surface area (Å²) in [5.41, 5.74) is 0. The molecule has 0 fully saturated rings. The van der Waals surface area contributed by atoms with E-state index < -0.39 is 32.8 Å². The van der Waals surface area contributed by atoms with Crippen LogP contribution in [0.4, 0.5) is 0 Å². The molecule has 0 aliphatic rings. The van der Waals surface area contributed by atoms with E-state index in [9.17, 15) is 17.5 Å². The molecule has 0 bridgehead atoms. The summed E-state index contributed by atoms with van der Waals surface area (Å²) in [6.45, 7) is 0. The van der Waals surface area contributed by atoms with Crippen molar-refractivity contribution in [3.8, 4) is 5.75 Å². The van der Waals surface area contributed by atoms with E-state index in [0.29, 0.717) is 0 Å². The van der Waals surface area contributed by atoms with E-state index in [1.807, 2.05) is 0 Å². The first-order chi connectivity index (χ1) is 6.02. The minimum absolute atomic E-state index is 0.183. The summed E-state index contributed by atoms with van der Waals surface area (Å²) in [6, 6.07) is 2.99. The summed E-state index contributed by atoms with van der Waals surface area (Å²) in [5, 5.41) is 8.99. The highest BCUT2D eigenvalue weighted by atomic mass is 32.2. The zero-order valence-electron chi connectivity index (χ0n) is 6.13. The third-order valence-electron chi connectivity index (χ3n) is 1.30. The second-order valence-electron chi connectivity index (χ2n) is 2.10. The van der Waals surface area contributed by atoms with Crippen molar-refractivity contribution in [3.05, 3.63) is 18.2 Å². The van der Waals surface area contributed by atoms with Crippen LogP contribution in [0.3, 0.4) is 0 Å². The molecule has 5 nitrogen and oxygen atoms in total. The lowest BCUT2D eigenvalue weighted by Crippen LogP contribution is -1.94. The second kappa shape index (κ2) is 3.97. The summed E-state index contributed by atoms with van der Waals surface area (Å²) < 4.78 is 41.7. The fourth-order valence-electron chi connectivity index (χ4n) is 0.732. The van der Waals surface area contributed by atoms with Crippen molar-refractivity contribution in [2.24, 2.45) is 0 Å². The van der Waals surface area contributed by atoms with Gasteiger partial charge < -0.3 is 14.2 Å². The Kier molecular flexibility index (Phi) is 3.15. The van der Waals surface area contributed by atoms with Gasteiger partial charge in [-0.2, -0.15) is 0 Å². The van der Waals surface area contributed by atoms with E-state index in [1.54, 1.807) is 0 Å². The molecule has 1 aromatic carbocycles. The van der Waals surface area contributed by atoms with Crippen molar-refractivity contribution >= 4 is 22.2 Å². The SMILES string of the molecule is O=S([O-])c1ccc(O)c(S(=O)[O-])c1. The Morgan fingerprint density at radius 1 is 1.15 bits per heavy atom. The van der Waals surface area contributed by atoms with Crippen LogP contribution in [0.25, 0.3) is 0 Å². The highest BCUT2D eigenvalue weighted by molar-refractivity contribution is 7.80. The molecule has 1 rings (SSSR count). The van der Waals surface area contributed by atoms with E-state index in [1.165, 1.54) is 0 Å². The van der Waals surface area contributed by atoms with Gasteiger partial charge in [0.25, 0.3) is 0 Å². The zero-order valence-corrected chi connectivity index (χ0v) is 7.76. The summed E-state index contributed by atoms with van der Waals surface area (Å²) in [6.07, 6.45) is 0. The molecule has 0 saturated carbocycles. The first-order valence-corrected chi connectivity index (χ1v) is 5.19. The molecule has 0 spiro atoms. The molecule has 0 heterocycles. The van der Waals surface area contributed by atoms with Crippen LogP contribution >= 0.6 is 0 Å². The molecule has 0 aromatic heterocycles. The Balaban J connectivity index is 3.27. The van der Waals surface area contributed by atoms with E-state index in [4.69, 9.17) is 5.11 Å². The van der Waals surface area contributed by atoms with Gasteiger partial charge in [-0.1, -0.05) is 0 Å². The number of phenols is 1. The first kappa shape index (κ1) is 10.3. The minimum atomic E-state index is -2.64. The fourth-order valence-corrected chi connectivity index (χ4v) is 1.66. The largest absolute Gasteiger partial charge is 0.768 e. The molecule has 0 amide bonds. The van der Waals surface area contributed by atoms with Gasteiger partial charge in [0.05, 0.1) is 4.90 Å². The summed E-state index contributed by atoms with van der Waals surface area (Å²) in [7, 11) is 0. The van der Waals surface area contributed by atoms with Crippen LogP contribution in [0.2, 0.25) is 0 Å². The first-order valence-electron chi connectivity index (χ1n) is 3.04. The number of aromatic hydroxyl groups is 1. The molecular weight excluding hydrogens is 216 g/mol. The van der Waals surface area contributed by atoms with Crippen molar-refractivity contribution in [1.29, 1.82) is 0 Å². The van der Waals surface area contributed by atoms with Gasteiger partial charge in [0.2, 0.25) is 0 Å². The molecule has 1 aromatic rings. The maximum absolute atomic E-state index is 10.4. The van der Waals surface area contributed by atoms with Crippen molar-refractivity contribution < 1.29 is 22.6 Å². The average molecular weight is 220 g/mol.